The lowest BCUT2D eigenvalue weighted by atomic mass is 10.1. The van der Waals surface area contributed by atoms with Gasteiger partial charge in [0.25, 0.3) is 5.91 Å². The van der Waals surface area contributed by atoms with E-state index in [2.05, 4.69) is 0 Å². The lowest BCUT2D eigenvalue weighted by Crippen LogP contribution is -2.40. The first-order valence-electron chi connectivity index (χ1n) is 8.91. The number of benzene rings is 2. The number of morpholine rings is 1. The van der Waals surface area contributed by atoms with Gasteiger partial charge in [-0.2, -0.15) is 4.31 Å². The number of nitrogens with zero attached hydrogens (tertiary/aromatic N) is 2. The first-order chi connectivity index (χ1) is 12.9. The Labute approximate surface area is 160 Å². The smallest absolute Gasteiger partial charge is 0.254 e. The van der Waals surface area contributed by atoms with E-state index in [4.69, 9.17) is 4.74 Å². The Morgan fingerprint density at radius 1 is 1.04 bits per heavy atom. The molecule has 0 aliphatic carbocycles. The molecule has 6 nitrogen and oxygen atoms in total. The van der Waals surface area contributed by atoms with E-state index in [0.29, 0.717) is 31.9 Å². The van der Waals surface area contributed by atoms with E-state index >= 15 is 0 Å². The fourth-order valence-electron chi connectivity index (χ4n) is 3.04. The van der Waals surface area contributed by atoms with Gasteiger partial charge in [0.05, 0.1) is 24.2 Å². The van der Waals surface area contributed by atoms with Crippen LogP contribution in [-0.2, 0) is 14.8 Å². The quantitative estimate of drug-likeness (QED) is 0.789. The van der Waals surface area contributed by atoms with Gasteiger partial charge < -0.3 is 9.64 Å². The van der Waals surface area contributed by atoms with E-state index in [9.17, 15) is 13.2 Å². The number of carbonyl (C=O) groups excluding carboxylic acids is 1. The van der Waals surface area contributed by atoms with Crippen LogP contribution in [0.3, 0.4) is 0 Å². The second-order valence-electron chi connectivity index (χ2n) is 6.54. The minimum Gasteiger partial charge on any atom is -0.379 e. The third-order valence-corrected chi connectivity index (χ3v) is 6.81. The highest BCUT2D eigenvalue weighted by atomic mass is 32.2. The maximum atomic E-state index is 12.8. The molecule has 0 bridgehead atoms. The summed E-state index contributed by atoms with van der Waals surface area (Å²) < 4.78 is 32.0. The third kappa shape index (κ3) is 4.21. The van der Waals surface area contributed by atoms with E-state index in [1.165, 1.54) is 16.4 Å². The number of hydrogen-bond acceptors (Lipinski definition) is 4. The van der Waals surface area contributed by atoms with Crippen LogP contribution in [0, 0.1) is 0 Å². The second kappa shape index (κ2) is 8.21. The summed E-state index contributed by atoms with van der Waals surface area (Å²) in [7, 11) is -1.81. The van der Waals surface area contributed by atoms with E-state index in [1.807, 2.05) is 37.3 Å². The summed E-state index contributed by atoms with van der Waals surface area (Å²) in [6.07, 6.45) is 0. The molecule has 1 fully saturated rings. The number of amides is 1. The number of ether oxygens (including phenoxy) is 1. The number of carbonyl (C=O) groups is 1. The Bertz CT molecular complexity index is 876. The van der Waals surface area contributed by atoms with E-state index in [1.54, 1.807) is 24.1 Å². The molecule has 1 aliphatic rings. The molecule has 1 aliphatic heterocycles. The Kier molecular flexibility index (Phi) is 5.94. The lowest BCUT2D eigenvalue weighted by Gasteiger charge is -2.27. The zero-order valence-corrected chi connectivity index (χ0v) is 16.4. The van der Waals surface area contributed by atoms with Crippen molar-refractivity contribution in [1.29, 1.82) is 0 Å². The van der Waals surface area contributed by atoms with Gasteiger partial charge in [-0.3, -0.25) is 4.79 Å². The van der Waals surface area contributed by atoms with Crippen molar-refractivity contribution in [3.63, 3.8) is 0 Å². The summed E-state index contributed by atoms with van der Waals surface area (Å²) in [5.41, 5.74) is 1.50. The molecule has 0 spiro atoms. The van der Waals surface area contributed by atoms with Gasteiger partial charge in [-0.15, -0.1) is 0 Å². The number of rotatable bonds is 5. The van der Waals surface area contributed by atoms with Crippen molar-refractivity contribution in [3.05, 3.63) is 65.7 Å². The highest BCUT2D eigenvalue weighted by Crippen LogP contribution is 2.22. The predicted molar refractivity (Wildman–Crippen MR) is 103 cm³/mol. The maximum Gasteiger partial charge on any atom is 0.254 e. The molecular formula is C20H24N2O4S. The minimum absolute atomic E-state index is 0.0875. The van der Waals surface area contributed by atoms with E-state index < -0.39 is 10.0 Å². The standard InChI is InChI=1S/C20H24N2O4S/c1-16(17-6-4-3-5-7-17)21(2)20(23)18-8-10-19(11-9-18)27(24,25)22-12-14-26-15-13-22/h3-11,16H,12-15H2,1-2H3. The van der Waals surface area contributed by atoms with Crippen LogP contribution in [0.4, 0.5) is 0 Å². The molecule has 0 saturated carbocycles. The monoisotopic (exact) mass is 388 g/mol. The van der Waals surface area contributed by atoms with Crippen molar-refractivity contribution in [2.24, 2.45) is 0 Å². The van der Waals surface area contributed by atoms with Gasteiger partial charge in [0.2, 0.25) is 10.0 Å². The summed E-state index contributed by atoms with van der Waals surface area (Å²) in [6.45, 7) is 3.46. The first-order valence-corrected chi connectivity index (χ1v) is 10.4. The fourth-order valence-corrected chi connectivity index (χ4v) is 4.45. The van der Waals surface area contributed by atoms with Gasteiger partial charge >= 0.3 is 0 Å². The lowest BCUT2D eigenvalue weighted by molar-refractivity contribution is 0.0730. The summed E-state index contributed by atoms with van der Waals surface area (Å²) in [4.78, 5) is 14.6. The van der Waals surface area contributed by atoms with Crippen molar-refractivity contribution in [1.82, 2.24) is 9.21 Å². The van der Waals surface area contributed by atoms with Crippen LogP contribution in [0.25, 0.3) is 0 Å². The third-order valence-electron chi connectivity index (χ3n) is 4.89. The molecule has 144 valence electrons. The maximum absolute atomic E-state index is 12.8. The van der Waals surface area contributed by atoms with Gasteiger partial charge in [-0.05, 0) is 36.8 Å². The molecule has 27 heavy (non-hydrogen) atoms. The molecule has 0 aromatic heterocycles. The largest absolute Gasteiger partial charge is 0.379 e. The Morgan fingerprint density at radius 2 is 1.63 bits per heavy atom. The topological polar surface area (TPSA) is 66.9 Å². The zero-order chi connectivity index (χ0) is 19.4. The summed E-state index contributed by atoms with van der Waals surface area (Å²) in [6, 6.07) is 15.8. The first kappa shape index (κ1) is 19.5. The normalized spacial score (nSPS) is 16.7. The molecule has 1 heterocycles. The van der Waals surface area contributed by atoms with Crippen LogP contribution >= 0.6 is 0 Å². The van der Waals surface area contributed by atoms with Crippen molar-refractivity contribution < 1.29 is 17.9 Å². The van der Waals surface area contributed by atoms with E-state index in [0.717, 1.165) is 5.56 Å². The van der Waals surface area contributed by atoms with Gasteiger partial charge in [0, 0.05) is 25.7 Å². The van der Waals surface area contributed by atoms with Crippen molar-refractivity contribution in [2.45, 2.75) is 17.9 Å². The van der Waals surface area contributed by atoms with Crippen LogP contribution in [-0.4, -0.2) is 56.9 Å². The van der Waals surface area contributed by atoms with Crippen LogP contribution < -0.4 is 0 Å². The van der Waals surface area contributed by atoms with Gasteiger partial charge in [0.1, 0.15) is 0 Å². The molecule has 2 aromatic carbocycles. The highest BCUT2D eigenvalue weighted by molar-refractivity contribution is 7.89. The van der Waals surface area contributed by atoms with Crippen molar-refractivity contribution >= 4 is 15.9 Å². The van der Waals surface area contributed by atoms with Gasteiger partial charge in [0.15, 0.2) is 0 Å². The SMILES string of the molecule is CC(c1ccccc1)N(C)C(=O)c1ccc(S(=O)(=O)N2CCOCC2)cc1. The van der Waals surface area contributed by atoms with Crippen LogP contribution in [0.1, 0.15) is 28.9 Å². The minimum atomic E-state index is -3.56. The van der Waals surface area contributed by atoms with Crippen LogP contribution in [0.5, 0.6) is 0 Å². The van der Waals surface area contributed by atoms with Gasteiger partial charge in [-0.25, -0.2) is 8.42 Å². The Balaban J connectivity index is 1.75. The van der Waals surface area contributed by atoms with E-state index in [-0.39, 0.29) is 16.8 Å². The number of hydrogen-bond donors (Lipinski definition) is 0. The second-order valence-corrected chi connectivity index (χ2v) is 8.48. The summed E-state index contributed by atoms with van der Waals surface area (Å²) in [5.74, 6) is -0.151. The zero-order valence-electron chi connectivity index (χ0n) is 15.5. The Morgan fingerprint density at radius 3 is 2.22 bits per heavy atom. The molecule has 3 rings (SSSR count). The average molecular weight is 388 g/mol. The molecule has 1 atom stereocenters. The number of sulfonamides is 1. The molecule has 2 aromatic rings. The highest BCUT2D eigenvalue weighted by Gasteiger charge is 2.27. The molecular weight excluding hydrogens is 364 g/mol. The molecule has 7 heteroatoms. The fraction of sp³-hybridized carbons (Fsp3) is 0.350. The predicted octanol–water partition coefficient (Wildman–Crippen LogP) is 2.54. The van der Waals surface area contributed by atoms with Crippen LogP contribution in [0.15, 0.2) is 59.5 Å². The van der Waals surface area contributed by atoms with Crippen molar-refractivity contribution in [2.75, 3.05) is 33.4 Å². The van der Waals surface area contributed by atoms with Crippen LogP contribution in [0.2, 0.25) is 0 Å². The molecule has 1 unspecified atom stereocenters. The summed E-state index contributed by atoms with van der Waals surface area (Å²) >= 11 is 0. The molecule has 0 radical (unpaired) electrons. The Hall–Kier alpha value is -2.22. The molecule has 1 amide bonds. The molecule has 1 saturated heterocycles. The molecule has 0 N–H and O–H groups in total. The van der Waals surface area contributed by atoms with Gasteiger partial charge in [-0.1, -0.05) is 30.3 Å². The summed E-state index contributed by atoms with van der Waals surface area (Å²) in [5, 5.41) is 0. The van der Waals surface area contributed by atoms with Crippen molar-refractivity contribution in [3.8, 4) is 0 Å². The average Bonchev–Trinajstić information content (AvgIpc) is 2.73.